The molecule has 1 aliphatic heterocycles. The van der Waals surface area contributed by atoms with E-state index in [0.29, 0.717) is 12.1 Å². The monoisotopic (exact) mass is 288 g/mol. The van der Waals surface area contributed by atoms with Crippen molar-refractivity contribution in [3.05, 3.63) is 29.6 Å². The first-order valence-corrected chi connectivity index (χ1v) is 5.98. The zero-order valence-electron chi connectivity index (χ0n) is 11.0. The first kappa shape index (κ1) is 15.7. The summed E-state index contributed by atoms with van der Waals surface area (Å²) in [6, 6.07) is 4.43. The number of hydrogen-bond acceptors (Lipinski definition) is 3. The highest BCUT2D eigenvalue weighted by Gasteiger charge is 2.24. The molecule has 106 valence electrons. The van der Waals surface area contributed by atoms with Gasteiger partial charge in [0, 0.05) is 31.2 Å². The predicted octanol–water partition coefficient (Wildman–Crippen LogP) is 1.69. The SMILES string of the molecule is COc1ccc(C(=O)N2CCNC[C@H]2C)cc1F.Cl. The number of nitrogens with zero attached hydrogens (tertiary/aromatic N) is 1. The minimum Gasteiger partial charge on any atom is -0.494 e. The highest BCUT2D eigenvalue weighted by molar-refractivity contribution is 5.94. The second-order valence-corrected chi connectivity index (χ2v) is 4.40. The average Bonchev–Trinajstić information content (AvgIpc) is 2.38. The van der Waals surface area contributed by atoms with Gasteiger partial charge in [-0.25, -0.2) is 4.39 Å². The molecule has 0 bridgehead atoms. The molecule has 6 heteroatoms. The standard InChI is InChI=1S/C13H17FN2O2.ClH/c1-9-8-15-5-6-16(9)13(17)10-3-4-12(18-2)11(14)7-10;/h3-4,7,9,15H,5-6,8H2,1-2H3;1H/t9-;/m1./s1. The van der Waals surface area contributed by atoms with Gasteiger partial charge >= 0.3 is 0 Å². The van der Waals surface area contributed by atoms with Gasteiger partial charge in [-0.2, -0.15) is 0 Å². The van der Waals surface area contributed by atoms with Crippen LogP contribution < -0.4 is 10.1 Å². The molecule has 0 saturated carbocycles. The molecular weight excluding hydrogens is 271 g/mol. The van der Waals surface area contributed by atoms with E-state index in [2.05, 4.69) is 5.32 Å². The van der Waals surface area contributed by atoms with Crippen molar-refractivity contribution < 1.29 is 13.9 Å². The molecule has 1 aliphatic rings. The van der Waals surface area contributed by atoms with Gasteiger partial charge in [-0.05, 0) is 25.1 Å². The number of nitrogens with one attached hydrogen (secondary N) is 1. The van der Waals surface area contributed by atoms with E-state index in [1.54, 1.807) is 11.0 Å². The molecule has 4 nitrogen and oxygen atoms in total. The quantitative estimate of drug-likeness (QED) is 0.900. The van der Waals surface area contributed by atoms with Gasteiger partial charge in [0.1, 0.15) is 0 Å². The maximum atomic E-state index is 13.6. The van der Waals surface area contributed by atoms with Crippen LogP contribution in [0, 0.1) is 5.82 Å². The number of amides is 1. The Morgan fingerprint density at radius 2 is 2.26 bits per heavy atom. The molecule has 0 unspecified atom stereocenters. The van der Waals surface area contributed by atoms with Crippen LogP contribution in [0.5, 0.6) is 5.75 Å². The Morgan fingerprint density at radius 3 is 2.84 bits per heavy atom. The van der Waals surface area contributed by atoms with Crippen LogP contribution in [-0.4, -0.2) is 43.6 Å². The van der Waals surface area contributed by atoms with Crippen LogP contribution in [0.15, 0.2) is 18.2 Å². The van der Waals surface area contributed by atoms with Crippen molar-refractivity contribution in [3.63, 3.8) is 0 Å². The molecule has 1 aromatic rings. The van der Waals surface area contributed by atoms with Crippen LogP contribution in [0.2, 0.25) is 0 Å². The van der Waals surface area contributed by atoms with Crippen molar-refractivity contribution in [2.24, 2.45) is 0 Å². The van der Waals surface area contributed by atoms with E-state index in [4.69, 9.17) is 4.74 Å². The zero-order valence-corrected chi connectivity index (χ0v) is 11.8. The zero-order chi connectivity index (χ0) is 13.1. The number of piperazine rings is 1. The molecule has 1 aromatic carbocycles. The third kappa shape index (κ3) is 3.36. The highest BCUT2D eigenvalue weighted by atomic mass is 35.5. The lowest BCUT2D eigenvalue weighted by atomic mass is 10.1. The Balaban J connectivity index is 0.00000180. The first-order chi connectivity index (χ1) is 8.63. The summed E-state index contributed by atoms with van der Waals surface area (Å²) in [5.41, 5.74) is 0.363. The largest absolute Gasteiger partial charge is 0.494 e. The van der Waals surface area contributed by atoms with E-state index in [-0.39, 0.29) is 30.1 Å². The average molecular weight is 289 g/mol. The molecule has 1 atom stereocenters. The second kappa shape index (κ2) is 6.73. The number of carbonyl (C=O) groups is 1. The summed E-state index contributed by atoms with van der Waals surface area (Å²) in [4.78, 5) is 14.0. The Labute approximate surface area is 118 Å². The van der Waals surface area contributed by atoms with E-state index in [1.165, 1.54) is 19.2 Å². The summed E-state index contributed by atoms with van der Waals surface area (Å²) >= 11 is 0. The minimum atomic E-state index is -0.508. The number of methoxy groups -OCH3 is 1. The van der Waals surface area contributed by atoms with Crippen LogP contribution in [-0.2, 0) is 0 Å². The molecule has 19 heavy (non-hydrogen) atoms. The van der Waals surface area contributed by atoms with Gasteiger partial charge < -0.3 is 15.0 Å². The van der Waals surface area contributed by atoms with E-state index < -0.39 is 5.82 Å². The van der Waals surface area contributed by atoms with Crippen LogP contribution >= 0.6 is 12.4 Å². The fourth-order valence-electron chi connectivity index (χ4n) is 2.11. The minimum absolute atomic E-state index is 0. The predicted molar refractivity (Wildman–Crippen MR) is 73.6 cm³/mol. The molecular formula is C13H18ClFN2O2. The van der Waals surface area contributed by atoms with Gasteiger partial charge in [-0.15, -0.1) is 12.4 Å². The Hall–Kier alpha value is -1.33. The van der Waals surface area contributed by atoms with Crippen LogP contribution in [0.3, 0.4) is 0 Å². The van der Waals surface area contributed by atoms with E-state index in [9.17, 15) is 9.18 Å². The Morgan fingerprint density at radius 1 is 1.53 bits per heavy atom. The van der Waals surface area contributed by atoms with Crippen molar-refractivity contribution in [1.29, 1.82) is 0 Å². The summed E-state index contributed by atoms with van der Waals surface area (Å²) in [5.74, 6) is -0.489. The lowest BCUT2D eigenvalue weighted by molar-refractivity contribution is 0.0655. The maximum absolute atomic E-state index is 13.6. The van der Waals surface area contributed by atoms with Gasteiger partial charge in [0.15, 0.2) is 11.6 Å². The van der Waals surface area contributed by atoms with Crippen LogP contribution in [0.4, 0.5) is 4.39 Å². The maximum Gasteiger partial charge on any atom is 0.254 e. The van der Waals surface area contributed by atoms with Crippen molar-refractivity contribution in [3.8, 4) is 5.75 Å². The van der Waals surface area contributed by atoms with Gasteiger partial charge in [0.2, 0.25) is 0 Å². The van der Waals surface area contributed by atoms with E-state index in [1.807, 2.05) is 6.92 Å². The number of ether oxygens (including phenoxy) is 1. The Kier molecular flexibility index (Phi) is 5.57. The molecule has 1 amide bonds. The molecule has 0 aromatic heterocycles. The third-order valence-electron chi connectivity index (χ3n) is 3.16. The lowest BCUT2D eigenvalue weighted by Crippen LogP contribution is -2.52. The third-order valence-corrected chi connectivity index (χ3v) is 3.16. The molecule has 0 aliphatic carbocycles. The molecule has 1 N–H and O–H groups in total. The fourth-order valence-corrected chi connectivity index (χ4v) is 2.11. The van der Waals surface area contributed by atoms with Gasteiger partial charge in [-0.3, -0.25) is 4.79 Å². The number of benzene rings is 1. The van der Waals surface area contributed by atoms with Gasteiger partial charge in [-0.1, -0.05) is 0 Å². The molecule has 1 saturated heterocycles. The normalized spacial score (nSPS) is 18.7. The number of carbonyl (C=O) groups excluding carboxylic acids is 1. The van der Waals surface area contributed by atoms with Crippen LogP contribution in [0.1, 0.15) is 17.3 Å². The van der Waals surface area contributed by atoms with Crippen molar-refractivity contribution >= 4 is 18.3 Å². The smallest absolute Gasteiger partial charge is 0.254 e. The molecule has 2 rings (SSSR count). The summed E-state index contributed by atoms with van der Waals surface area (Å²) in [7, 11) is 1.40. The van der Waals surface area contributed by atoms with Gasteiger partial charge in [0.25, 0.3) is 5.91 Å². The van der Waals surface area contributed by atoms with E-state index >= 15 is 0 Å². The summed E-state index contributed by atoms with van der Waals surface area (Å²) in [6.07, 6.45) is 0. The molecule has 0 spiro atoms. The van der Waals surface area contributed by atoms with E-state index in [0.717, 1.165) is 13.1 Å². The number of hydrogen-bond donors (Lipinski definition) is 1. The number of halogens is 2. The summed E-state index contributed by atoms with van der Waals surface area (Å²) in [5, 5.41) is 3.21. The van der Waals surface area contributed by atoms with Crippen molar-refractivity contribution in [2.75, 3.05) is 26.7 Å². The second-order valence-electron chi connectivity index (χ2n) is 4.40. The summed E-state index contributed by atoms with van der Waals surface area (Å²) < 4.78 is 18.4. The Bertz CT molecular complexity index is 456. The van der Waals surface area contributed by atoms with Gasteiger partial charge in [0.05, 0.1) is 7.11 Å². The summed E-state index contributed by atoms with van der Waals surface area (Å²) in [6.45, 7) is 4.16. The van der Waals surface area contributed by atoms with Crippen molar-refractivity contribution in [2.45, 2.75) is 13.0 Å². The highest BCUT2D eigenvalue weighted by Crippen LogP contribution is 2.19. The number of rotatable bonds is 2. The van der Waals surface area contributed by atoms with Crippen LogP contribution in [0.25, 0.3) is 0 Å². The fraction of sp³-hybridized carbons (Fsp3) is 0.462. The van der Waals surface area contributed by atoms with Crippen molar-refractivity contribution in [1.82, 2.24) is 10.2 Å². The molecule has 0 radical (unpaired) electrons. The topological polar surface area (TPSA) is 41.6 Å². The molecule has 1 fully saturated rings. The molecule has 1 heterocycles. The first-order valence-electron chi connectivity index (χ1n) is 5.98. The lowest BCUT2D eigenvalue weighted by Gasteiger charge is -2.34.